The summed E-state index contributed by atoms with van der Waals surface area (Å²) >= 11 is 0. The molecule has 0 rings (SSSR count). The summed E-state index contributed by atoms with van der Waals surface area (Å²) in [6, 6.07) is 0. The summed E-state index contributed by atoms with van der Waals surface area (Å²) in [5.41, 5.74) is 0. The normalized spacial score (nSPS) is 1.50. The maximum absolute atomic E-state index is 6.50. The van der Waals surface area contributed by atoms with Crippen molar-refractivity contribution in [1.29, 1.82) is 0 Å². The summed E-state index contributed by atoms with van der Waals surface area (Å²) in [6.45, 7) is 0. The Morgan fingerprint density at radius 1 is 1.00 bits per heavy atom. The van der Waals surface area contributed by atoms with Crippen LogP contribution in [0.2, 0.25) is 0 Å². The van der Waals surface area contributed by atoms with Crippen LogP contribution in [0.1, 0.15) is 0 Å². The van der Waals surface area contributed by atoms with Crippen LogP contribution in [0.25, 0.3) is 0 Å². The van der Waals surface area contributed by atoms with Gasteiger partial charge >= 0.3 is 0 Å². The van der Waals surface area contributed by atoms with E-state index in [1.807, 2.05) is 0 Å². The van der Waals surface area contributed by atoms with Crippen LogP contribution in [-0.2, 0) is 0 Å². The third-order valence-corrected chi connectivity index (χ3v) is 0. The summed E-state index contributed by atoms with van der Waals surface area (Å²) in [5, 5.41) is 6.50. The summed E-state index contributed by atoms with van der Waals surface area (Å²) in [7, 11) is 0. The fourth-order valence-electron chi connectivity index (χ4n) is 0. The van der Waals surface area contributed by atoms with Gasteiger partial charge in [0.25, 0.3) is 0 Å². The summed E-state index contributed by atoms with van der Waals surface area (Å²) < 4.78 is 0. The molecule has 0 unspecified atom stereocenters. The minimum absolute atomic E-state index is 0. The van der Waals surface area contributed by atoms with Gasteiger partial charge in [0.2, 0.25) is 0 Å². The molecule has 0 aliphatic rings. The van der Waals surface area contributed by atoms with Crippen molar-refractivity contribution in [1.82, 2.24) is 0 Å². The molecule has 0 aliphatic carbocycles. The van der Waals surface area contributed by atoms with Gasteiger partial charge in [0.15, 0.2) is 0 Å². The number of hydrogen-bond acceptors (Lipinski definition) is 2. The van der Waals surface area contributed by atoms with Crippen molar-refractivity contribution >= 4 is 59.1 Å². The van der Waals surface area contributed by atoms with Crippen LogP contribution in [0, 0.1) is 0 Å². The van der Waals surface area contributed by atoms with E-state index in [1.165, 1.54) is 0 Å². The molecule has 0 atom stereocenters. The van der Waals surface area contributed by atoms with Crippen molar-refractivity contribution < 1.29 is 5.21 Å². The molecule has 0 heterocycles. The second-order valence-electron chi connectivity index (χ2n) is 0. The van der Waals surface area contributed by atoms with Crippen molar-refractivity contribution in [3.63, 3.8) is 0 Å². The van der Waals surface area contributed by atoms with Gasteiger partial charge in [0, 0.05) is 59.1 Å². The standard InChI is InChI=1S/H3NO.2Na/c1-2;;/h2H,1H2;;. The van der Waals surface area contributed by atoms with E-state index in [9.17, 15) is 0 Å². The topological polar surface area (TPSA) is 46.2 Å². The van der Waals surface area contributed by atoms with Crippen molar-refractivity contribution in [2.45, 2.75) is 0 Å². The Kier molecular flexibility index (Phi) is 86.2. The SMILES string of the molecule is NO.[Na].[Na]. The van der Waals surface area contributed by atoms with Gasteiger partial charge in [-0.25, -0.2) is 5.90 Å². The Balaban J connectivity index is -0.00000000500. The largest absolute Gasteiger partial charge is 0.320 e. The monoisotopic (exact) mass is 79.0 g/mol. The first-order valence-corrected chi connectivity index (χ1v) is 0.258. The molecule has 0 spiro atoms. The Labute approximate surface area is 69.3 Å². The van der Waals surface area contributed by atoms with E-state index in [0.29, 0.717) is 0 Å². The smallest absolute Gasteiger partial charge is 0 e. The van der Waals surface area contributed by atoms with Crippen LogP contribution in [0.5, 0.6) is 0 Å². The fraction of sp³-hybridized carbons (Fsp3) is 0. The van der Waals surface area contributed by atoms with Crippen molar-refractivity contribution in [2.24, 2.45) is 5.90 Å². The van der Waals surface area contributed by atoms with Crippen LogP contribution < -0.4 is 5.90 Å². The van der Waals surface area contributed by atoms with Gasteiger partial charge in [-0.3, -0.25) is 0 Å². The Morgan fingerprint density at radius 2 is 1.00 bits per heavy atom. The van der Waals surface area contributed by atoms with Crippen LogP contribution >= 0.6 is 0 Å². The third-order valence-electron chi connectivity index (χ3n) is 0. The van der Waals surface area contributed by atoms with Crippen molar-refractivity contribution in [3.05, 3.63) is 0 Å². The minimum atomic E-state index is 0. The molecular formula is H3NNa2O. The minimum Gasteiger partial charge on any atom is -0.320 e. The van der Waals surface area contributed by atoms with Crippen LogP contribution in [0.15, 0.2) is 0 Å². The van der Waals surface area contributed by atoms with E-state index >= 15 is 0 Å². The molecule has 0 fully saturated rings. The van der Waals surface area contributed by atoms with Gasteiger partial charge in [-0.2, -0.15) is 0 Å². The Hall–Kier alpha value is 1.92. The molecule has 0 saturated carbocycles. The summed E-state index contributed by atoms with van der Waals surface area (Å²) in [6.07, 6.45) is 0. The zero-order valence-electron chi connectivity index (χ0n) is 3.02. The predicted molar refractivity (Wildman–Crippen MR) is 17.5 cm³/mol. The molecule has 2 nitrogen and oxygen atoms in total. The van der Waals surface area contributed by atoms with Gasteiger partial charge in [-0.05, 0) is 0 Å². The van der Waals surface area contributed by atoms with E-state index in [1.54, 1.807) is 0 Å². The fourth-order valence-corrected chi connectivity index (χ4v) is 0. The number of rotatable bonds is 0. The van der Waals surface area contributed by atoms with E-state index in [2.05, 4.69) is 5.90 Å². The van der Waals surface area contributed by atoms with E-state index in [4.69, 9.17) is 5.21 Å². The average molecular weight is 79.0 g/mol. The molecule has 0 aliphatic heterocycles. The van der Waals surface area contributed by atoms with Crippen molar-refractivity contribution in [2.75, 3.05) is 0 Å². The molecule has 0 bridgehead atoms. The van der Waals surface area contributed by atoms with Crippen LogP contribution in [-0.4, -0.2) is 64.3 Å². The van der Waals surface area contributed by atoms with E-state index in [-0.39, 0.29) is 59.1 Å². The molecule has 2 radical (unpaired) electrons. The molecule has 0 aromatic carbocycles. The number of nitrogens with two attached hydrogens (primary N) is 1. The zero-order chi connectivity index (χ0) is 2.00. The maximum atomic E-state index is 6.50. The maximum Gasteiger partial charge on any atom is 0 e. The van der Waals surface area contributed by atoms with E-state index < -0.39 is 0 Å². The van der Waals surface area contributed by atoms with Crippen molar-refractivity contribution in [3.8, 4) is 0 Å². The first kappa shape index (κ1) is 16.8. The molecule has 0 aromatic heterocycles. The van der Waals surface area contributed by atoms with Gasteiger partial charge in [-0.1, -0.05) is 0 Å². The molecule has 0 amide bonds. The predicted octanol–water partition coefficient (Wildman–Crippen LogP) is -1.43. The molecule has 0 saturated heterocycles. The first-order valence-electron chi connectivity index (χ1n) is 0.258. The zero-order valence-corrected chi connectivity index (χ0v) is 7.02. The van der Waals surface area contributed by atoms with Gasteiger partial charge in [-0.15, -0.1) is 0 Å². The summed E-state index contributed by atoms with van der Waals surface area (Å²) in [4.78, 5) is 0. The van der Waals surface area contributed by atoms with Crippen LogP contribution in [0.4, 0.5) is 0 Å². The number of hydrogen-bond donors (Lipinski definition) is 2. The molecule has 4 heteroatoms. The third kappa shape index (κ3) is 9.07. The first-order chi connectivity index (χ1) is 1.00. The molecule has 3 N–H and O–H groups in total. The Bertz CT molecular complexity index is 6.00. The summed E-state index contributed by atoms with van der Waals surface area (Å²) in [5.74, 6) is 3.50. The van der Waals surface area contributed by atoms with Gasteiger partial charge in [0.1, 0.15) is 0 Å². The molecule has 4 heavy (non-hydrogen) atoms. The molecule has 0 aromatic rings. The van der Waals surface area contributed by atoms with Gasteiger partial charge in [0.05, 0.1) is 0 Å². The average Bonchev–Trinajstić information content (AvgIpc) is 1.00. The second-order valence-corrected chi connectivity index (χ2v) is 0. The van der Waals surface area contributed by atoms with Crippen LogP contribution in [0.3, 0.4) is 0 Å². The molecule has 16 valence electrons. The quantitative estimate of drug-likeness (QED) is 0.276. The second kappa shape index (κ2) is 20.5. The van der Waals surface area contributed by atoms with E-state index in [0.717, 1.165) is 0 Å². The van der Waals surface area contributed by atoms with Gasteiger partial charge < -0.3 is 5.21 Å². The molecular weight excluding hydrogens is 76.0 g/mol. The Morgan fingerprint density at radius 3 is 1.00 bits per heavy atom.